The number of halogens is 2. The van der Waals surface area contributed by atoms with E-state index in [4.69, 9.17) is 38.4 Å². The number of ether oxygens (including phenoxy) is 2. The lowest BCUT2D eigenvalue weighted by atomic mass is 10.1. The van der Waals surface area contributed by atoms with Crippen LogP contribution in [-0.4, -0.2) is 24.3 Å². The Balaban J connectivity index is 1.96. The number of carbonyl (C=O) groups is 1. The first-order valence-corrected chi connectivity index (χ1v) is 7.13. The molecule has 1 aromatic rings. The van der Waals surface area contributed by atoms with Gasteiger partial charge in [0.2, 0.25) is 0 Å². The molecule has 2 rings (SSSR count). The Hall–Kier alpha value is -0.970. The third-order valence-corrected chi connectivity index (χ3v) is 4.06. The molecule has 0 spiro atoms. The summed E-state index contributed by atoms with van der Waals surface area (Å²) in [6.07, 6.45) is 1.77. The predicted octanol–water partition coefficient (Wildman–Crippen LogP) is 3.69. The van der Waals surface area contributed by atoms with E-state index in [2.05, 4.69) is 0 Å². The SMILES string of the molecule is CC1(C)CCC(COC(=O)c2cc(N)c(Cl)c(Cl)c2)O1. The van der Waals surface area contributed by atoms with E-state index >= 15 is 0 Å². The number of esters is 1. The quantitative estimate of drug-likeness (QED) is 0.682. The summed E-state index contributed by atoms with van der Waals surface area (Å²) in [5, 5.41) is 0.473. The van der Waals surface area contributed by atoms with Crippen LogP contribution in [0.4, 0.5) is 5.69 Å². The van der Waals surface area contributed by atoms with E-state index in [1.807, 2.05) is 13.8 Å². The van der Waals surface area contributed by atoms with Crippen molar-refractivity contribution in [2.45, 2.75) is 38.4 Å². The molecule has 0 bridgehead atoms. The van der Waals surface area contributed by atoms with Crippen molar-refractivity contribution in [3.8, 4) is 0 Å². The van der Waals surface area contributed by atoms with Crippen molar-refractivity contribution in [3.63, 3.8) is 0 Å². The standard InChI is InChI=1S/C14H17Cl2NO3/c1-14(2)4-3-9(20-14)7-19-13(18)8-5-10(15)12(16)11(17)6-8/h5-6,9H,3-4,7,17H2,1-2H3. The zero-order valence-corrected chi connectivity index (χ0v) is 12.9. The van der Waals surface area contributed by atoms with Crippen LogP contribution in [0.5, 0.6) is 0 Å². The molecule has 110 valence electrons. The third kappa shape index (κ3) is 3.57. The second-order valence-electron chi connectivity index (χ2n) is 5.50. The number of rotatable bonds is 3. The highest BCUT2D eigenvalue weighted by atomic mass is 35.5. The van der Waals surface area contributed by atoms with E-state index in [1.54, 1.807) is 0 Å². The first-order valence-electron chi connectivity index (χ1n) is 6.38. The highest BCUT2D eigenvalue weighted by Gasteiger charge is 2.32. The number of nitrogens with two attached hydrogens (primary N) is 1. The maximum atomic E-state index is 11.9. The van der Waals surface area contributed by atoms with Crippen molar-refractivity contribution >= 4 is 34.9 Å². The zero-order valence-electron chi connectivity index (χ0n) is 11.4. The summed E-state index contributed by atoms with van der Waals surface area (Å²) in [5.74, 6) is -0.483. The van der Waals surface area contributed by atoms with Gasteiger partial charge in [0, 0.05) is 0 Å². The second-order valence-corrected chi connectivity index (χ2v) is 6.28. The minimum Gasteiger partial charge on any atom is -0.459 e. The lowest BCUT2D eigenvalue weighted by Crippen LogP contribution is -2.24. The van der Waals surface area contributed by atoms with E-state index in [9.17, 15) is 4.79 Å². The largest absolute Gasteiger partial charge is 0.459 e. The lowest BCUT2D eigenvalue weighted by Gasteiger charge is -2.19. The van der Waals surface area contributed by atoms with Gasteiger partial charge in [0.25, 0.3) is 0 Å². The van der Waals surface area contributed by atoms with Crippen LogP contribution in [0.15, 0.2) is 12.1 Å². The smallest absolute Gasteiger partial charge is 0.338 e. The molecule has 0 radical (unpaired) electrons. The predicted molar refractivity (Wildman–Crippen MR) is 79.3 cm³/mol. The number of hydrogen-bond donors (Lipinski definition) is 1. The van der Waals surface area contributed by atoms with Crippen LogP contribution in [0.2, 0.25) is 10.0 Å². The van der Waals surface area contributed by atoms with Gasteiger partial charge in [0.15, 0.2) is 0 Å². The Morgan fingerprint density at radius 2 is 2.20 bits per heavy atom. The molecular weight excluding hydrogens is 301 g/mol. The maximum Gasteiger partial charge on any atom is 0.338 e. The topological polar surface area (TPSA) is 61.5 Å². The van der Waals surface area contributed by atoms with Gasteiger partial charge < -0.3 is 15.2 Å². The minimum absolute atomic E-state index is 0.0610. The minimum atomic E-state index is -0.483. The van der Waals surface area contributed by atoms with Gasteiger partial charge in [-0.3, -0.25) is 0 Å². The average Bonchev–Trinajstić information content (AvgIpc) is 2.72. The molecule has 1 aliphatic heterocycles. The van der Waals surface area contributed by atoms with Crippen molar-refractivity contribution in [3.05, 3.63) is 27.7 Å². The highest BCUT2D eigenvalue weighted by Crippen LogP contribution is 2.31. The van der Waals surface area contributed by atoms with Crippen molar-refractivity contribution in [1.82, 2.24) is 0 Å². The Kier molecular flexibility index (Phi) is 4.47. The molecule has 1 heterocycles. The van der Waals surface area contributed by atoms with Crippen LogP contribution >= 0.6 is 23.2 Å². The third-order valence-electron chi connectivity index (χ3n) is 3.25. The summed E-state index contributed by atoms with van der Waals surface area (Å²) in [4.78, 5) is 11.9. The van der Waals surface area contributed by atoms with Crippen LogP contribution in [0.25, 0.3) is 0 Å². The van der Waals surface area contributed by atoms with Gasteiger partial charge in [-0.05, 0) is 38.8 Å². The van der Waals surface area contributed by atoms with Gasteiger partial charge >= 0.3 is 5.97 Å². The molecule has 1 atom stereocenters. The first-order chi connectivity index (χ1) is 9.28. The summed E-state index contributed by atoms with van der Waals surface area (Å²) >= 11 is 11.7. The summed E-state index contributed by atoms with van der Waals surface area (Å²) in [6, 6.07) is 2.90. The molecular formula is C14H17Cl2NO3. The van der Waals surface area contributed by atoms with E-state index in [-0.39, 0.29) is 39.6 Å². The normalized spacial score (nSPS) is 20.9. The van der Waals surface area contributed by atoms with Crippen LogP contribution in [0, 0.1) is 0 Å². The van der Waals surface area contributed by atoms with Crippen molar-refractivity contribution in [2.75, 3.05) is 12.3 Å². The van der Waals surface area contributed by atoms with Gasteiger partial charge in [0.1, 0.15) is 6.61 Å². The van der Waals surface area contributed by atoms with E-state index in [0.29, 0.717) is 0 Å². The molecule has 6 heteroatoms. The fourth-order valence-electron chi connectivity index (χ4n) is 2.18. The highest BCUT2D eigenvalue weighted by molar-refractivity contribution is 6.43. The van der Waals surface area contributed by atoms with Crippen molar-refractivity contribution in [1.29, 1.82) is 0 Å². The number of nitrogen functional groups attached to an aromatic ring is 1. The molecule has 4 nitrogen and oxygen atoms in total. The van der Waals surface area contributed by atoms with Crippen molar-refractivity contribution < 1.29 is 14.3 Å². The van der Waals surface area contributed by atoms with Gasteiger partial charge in [0.05, 0.1) is 33.0 Å². The molecule has 1 aliphatic rings. The second kappa shape index (κ2) is 5.80. The monoisotopic (exact) mass is 317 g/mol. The summed E-state index contributed by atoms with van der Waals surface area (Å²) in [6.45, 7) is 4.27. The molecule has 0 saturated carbocycles. The summed E-state index contributed by atoms with van der Waals surface area (Å²) in [7, 11) is 0. The summed E-state index contributed by atoms with van der Waals surface area (Å²) in [5.41, 5.74) is 6.06. The Morgan fingerprint density at radius 1 is 1.50 bits per heavy atom. The average molecular weight is 318 g/mol. The van der Waals surface area contributed by atoms with Crippen LogP contribution in [0.1, 0.15) is 37.0 Å². The molecule has 0 amide bonds. The first kappa shape index (κ1) is 15.4. The molecule has 0 aliphatic carbocycles. The van der Waals surface area contributed by atoms with E-state index < -0.39 is 5.97 Å². The Bertz CT molecular complexity index is 508. The molecule has 20 heavy (non-hydrogen) atoms. The Labute approximate surface area is 128 Å². The van der Waals surface area contributed by atoms with Gasteiger partial charge in [-0.25, -0.2) is 4.79 Å². The lowest BCUT2D eigenvalue weighted by molar-refractivity contribution is -0.0444. The van der Waals surface area contributed by atoms with Gasteiger partial charge in [-0.15, -0.1) is 0 Å². The number of carbonyl (C=O) groups excluding carboxylic acids is 1. The fraction of sp³-hybridized carbons (Fsp3) is 0.500. The summed E-state index contributed by atoms with van der Waals surface area (Å²) < 4.78 is 11.0. The molecule has 1 saturated heterocycles. The fourth-order valence-corrected chi connectivity index (χ4v) is 2.51. The molecule has 1 aromatic carbocycles. The maximum absolute atomic E-state index is 11.9. The molecule has 0 aromatic heterocycles. The number of benzene rings is 1. The van der Waals surface area contributed by atoms with Gasteiger partial charge in [-0.2, -0.15) is 0 Å². The molecule has 2 N–H and O–H groups in total. The number of hydrogen-bond acceptors (Lipinski definition) is 4. The zero-order chi connectivity index (χ0) is 14.9. The van der Waals surface area contributed by atoms with Gasteiger partial charge in [-0.1, -0.05) is 23.2 Å². The van der Waals surface area contributed by atoms with E-state index in [0.717, 1.165) is 12.8 Å². The Morgan fingerprint density at radius 3 is 2.75 bits per heavy atom. The molecule has 1 fully saturated rings. The van der Waals surface area contributed by atoms with Crippen LogP contribution < -0.4 is 5.73 Å². The van der Waals surface area contributed by atoms with Crippen LogP contribution in [-0.2, 0) is 9.47 Å². The van der Waals surface area contributed by atoms with E-state index in [1.165, 1.54) is 12.1 Å². The molecule has 1 unspecified atom stereocenters. The van der Waals surface area contributed by atoms with Crippen LogP contribution in [0.3, 0.4) is 0 Å². The number of anilines is 1. The van der Waals surface area contributed by atoms with Crippen molar-refractivity contribution in [2.24, 2.45) is 0 Å².